The van der Waals surface area contributed by atoms with Gasteiger partial charge in [-0.3, -0.25) is 14.5 Å². The Labute approximate surface area is 182 Å². The Hall–Kier alpha value is -3.44. The molecular weight excluding hydrogens is 388 g/mol. The van der Waals surface area contributed by atoms with E-state index in [2.05, 4.69) is 10.2 Å². The van der Waals surface area contributed by atoms with Crippen LogP contribution in [0.1, 0.15) is 23.2 Å². The van der Waals surface area contributed by atoms with Crippen LogP contribution in [0.2, 0.25) is 0 Å². The van der Waals surface area contributed by atoms with Gasteiger partial charge in [-0.05, 0) is 50.2 Å². The fraction of sp³-hybridized carbons (Fsp3) is 0.231. The van der Waals surface area contributed by atoms with Gasteiger partial charge in [0.15, 0.2) is 5.78 Å². The van der Waals surface area contributed by atoms with Gasteiger partial charge in [-0.15, -0.1) is 0 Å². The molecule has 5 nitrogen and oxygen atoms in total. The van der Waals surface area contributed by atoms with Crippen LogP contribution in [0.4, 0.5) is 5.69 Å². The van der Waals surface area contributed by atoms with Crippen molar-refractivity contribution in [3.05, 3.63) is 90.5 Å². The normalized spacial score (nSPS) is 14.7. The van der Waals surface area contributed by atoms with Gasteiger partial charge in [0.05, 0.1) is 6.54 Å². The molecule has 1 fully saturated rings. The third-order valence-electron chi connectivity index (χ3n) is 5.48. The Bertz CT molecular complexity index is 1010. The molecule has 0 unspecified atom stereocenters. The first kappa shape index (κ1) is 20.8. The third kappa shape index (κ3) is 5.80. The van der Waals surface area contributed by atoms with E-state index in [-0.39, 0.29) is 17.6 Å². The van der Waals surface area contributed by atoms with E-state index in [1.54, 1.807) is 0 Å². The lowest BCUT2D eigenvalue weighted by Crippen LogP contribution is -2.40. The number of likely N-dealkylation sites (tertiary alicyclic amines) is 1. The minimum absolute atomic E-state index is 0.0357. The summed E-state index contributed by atoms with van der Waals surface area (Å²) < 4.78 is 5.83. The maximum Gasteiger partial charge on any atom is 0.238 e. The molecule has 3 aromatic carbocycles. The second-order valence-corrected chi connectivity index (χ2v) is 7.77. The number of amides is 1. The molecule has 158 valence electrons. The highest BCUT2D eigenvalue weighted by atomic mass is 16.5. The number of rotatable bonds is 7. The van der Waals surface area contributed by atoms with Crippen LogP contribution in [0, 0.1) is 5.92 Å². The molecule has 5 heteroatoms. The zero-order chi connectivity index (χ0) is 21.5. The molecule has 1 aliphatic rings. The Morgan fingerprint density at radius 3 is 2.19 bits per heavy atom. The lowest BCUT2D eigenvalue weighted by atomic mass is 9.89. The average Bonchev–Trinajstić information content (AvgIpc) is 2.80. The highest BCUT2D eigenvalue weighted by Crippen LogP contribution is 2.24. The van der Waals surface area contributed by atoms with Crippen LogP contribution in [-0.2, 0) is 4.79 Å². The van der Waals surface area contributed by atoms with Crippen molar-refractivity contribution < 1.29 is 14.3 Å². The first-order valence-corrected chi connectivity index (χ1v) is 10.6. The van der Waals surface area contributed by atoms with Crippen LogP contribution in [0.3, 0.4) is 0 Å². The van der Waals surface area contributed by atoms with Gasteiger partial charge in [0.1, 0.15) is 11.5 Å². The van der Waals surface area contributed by atoms with Gasteiger partial charge < -0.3 is 10.1 Å². The molecule has 0 bridgehead atoms. The van der Waals surface area contributed by atoms with Gasteiger partial charge in [-0.25, -0.2) is 0 Å². The number of para-hydroxylation sites is 1. The van der Waals surface area contributed by atoms with Crippen molar-refractivity contribution in [2.45, 2.75) is 12.8 Å². The van der Waals surface area contributed by atoms with Crippen LogP contribution in [0.25, 0.3) is 0 Å². The van der Waals surface area contributed by atoms with Gasteiger partial charge in [0.2, 0.25) is 5.91 Å². The van der Waals surface area contributed by atoms with Crippen molar-refractivity contribution in [3.63, 3.8) is 0 Å². The summed E-state index contributed by atoms with van der Waals surface area (Å²) in [5, 5.41) is 2.95. The van der Waals surface area contributed by atoms with Crippen LogP contribution in [0.15, 0.2) is 84.9 Å². The zero-order valence-electron chi connectivity index (χ0n) is 17.4. The smallest absolute Gasteiger partial charge is 0.238 e. The van der Waals surface area contributed by atoms with E-state index in [1.807, 2.05) is 84.9 Å². The zero-order valence-corrected chi connectivity index (χ0v) is 17.4. The first-order valence-electron chi connectivity index (χ1n) is 10.6. The standard InChI is InChI=1S/C26H26N2O3/c29-25(27-22-10-7-13-24(18-22)31-23-11-5-2-6-12-23)19-28-16-14-21(15-17-28)26(30)20-8-3-1-4-9-20/h1-13,18,21H,14-17,19H2,(H,27,29). The Kier molecular flexibility index (Phi) is 6.75. The summed E-state index contributed by atoms with van der Waals surface area (Å²) in [6, 6.07) is 26.4. The Balaban J connectivity index is 1.26. The summed E-state index contributed by atoms with van der Waals surface area (Å²) in [6.45, 7) is 1.80. The monoisotopic (exact) mass is 414 g/mol. The lowest BCUT2D eigenvalue weighted by Gasteiger charge is -2.30. The number of benzene rings is 3. The quantitative estimate of drug-likeness (QED) is 0.552. The van der Waals surface area contributed by atoms with E-state index >= 15 is 0 Å². The molecule has 0 aromatic heterocycles. The summed E-state index contributed by atoms with van der Waals surface area (Å²) in [7, 11) is 0. The number of anilines is 1. The van der Waals surface area contributed by atoms with Crippen molar-refractivity contribution >= 4 is 17.4 Å². The molecule has 1 aliphatic heterocycles. The number of carbonyl (C=O) groups is 2. The Morgan fingerprint density at radius 2 is 1.48 bits per heavy atom. The molecule has 0 aliphatic carbocycles. The number of ether oxygens (including phenoxy) is 1. The topological polar surface area (TPSA) is 58.6 Å². The third-order valence-corrected chi connectivity index (χ3v) is 5.48. The highest BCUT2D eigenvalue weighted by Gasteiger charge is 2.26. The molecule has 1 saturated heterocycles. The van der Waals surface area contributed by atoms with Crippen molar-refractivity contribution in [1.82, 2.24) is 4.90 Å². The van der Waals surface area contributed by atoms with Crippen LogP contribution >= 0.6 is 0 Å². The highest BCUT2D eigenvalue weighted by molar-refractivity contribution is 5.98. The van der Waals surface area contributed by atoms with E-state index in [0.29, 0.717) is 18.0 Å². The van der Waals surface area contributed by atoms with Crippen LogP contribution in [-0.4, -0.2) is 36.2 Å². The number of hydrogen-bond donors (Lipinski definition) is 1. The van der Waals surface area contributed by atoms with Crippen molar-refractivity contribution in [2.24, 2.45) is 5.92 Å². The molecule has 1 N–H and O–H groups in total. The number of carbonyl (C=O) groups excluding carboxylic acids is 2. The fourth-order valence-corrected chi connectivity index (χ4v) is 3.86. The van der Waals surface area contributed by atoms with E-state index in [0.717, 1.165) is 37.2 Å². The number of ketones is 1. The molecular formula is C26H26N2O3. The van der Waals surface area contributed by atoms with E-state index in [9.17, 15) is 9.59 Å². The average molecular weight is 415 g/mol. The van der Waals surface area contributed by atoms with Crippen LogP contribution < -0.4 is 10.1 Å². The molecule has 0 saturated carbocycles. The molecule has 4 rings (SSSR count). The van der Waals surface area contributed by atoms with Crippen molar-refractivity contribution in [2.75, 3.05) is 25.0 Å². The predicted molar refractivity (Wildman–Crippen MR) is 122 cm³/mol. The lowest BCUT2D eigenvalue weighted by molar-refractivity contribution is -0.117. The predicted octanol–water partition coefficient (Wildman–Crippen LogP) is 5.01. The number of Topliss-reactive ketones (excluding diaryl/α,β-unsaturated/α-hetero) is 1. The SMILES string of the molecule is O=C(CN1CCC(C(=O)c2ccccc2)CC1)Nc1cccc(Oc2ccccc2)c1. The number of nitrogens with one attached hydrogen (secondary N) is 1. The summed E-state index contributed by atoms with van der Waals surface area (Å²) in [5.41, 5.74) is 1.48. The van der Waals surface area contributed by atoms with Gasteiger partial charge in [0.25, 0.3) is 0 Å². The Morgan fingerprint density at radius 1 is 0.839 bits per heavy atom. The largest absolute Gasteiger partial charge is 0.457 e. The number of hydrogen-bond acceptors (Lipinski definition) is 4. The molecule has 31 heavy (non-hydrogen) atoms. The summed E-state index contributed by atoms with van der Waals surface area (Å²) in [4.78, 5) is 27.3. The maximum atomic E-state index is 12.6. The molecule has 0 radical (unpaired) electrons. The van der Waals surface area contributed by atoms with Gasteiger partial charge in [0, 0.05) is 23.2 Å². The second kappa shape index (κ2) is 10.0. The minimum Gasteiger partial charge on any atom is -0.457 e. The van der Waals surface area contributed by atoms with E-state index in [4.69, 9.17) is 4.74 Å². The minimum atomic E-state index is -0.0651. The summed E-state index contributed by atoms with van der Waals surface area (Å²) in [5.74, 6) is 1.60. The fourth-order valence-electron chi connectivity index (χ4n) is 3.86. The molecule has 0 atom stereocenters. The van der Waals surface area contributed by atoms with Gasteiger partial charge in [-0.2, -0.15) is 0 Å². The number of piperidine rings is 1. The van der Waals surface area contributed by atoms with E-state index in [1.165, 1.54) is 0 Å². The van der Waals surface area contributed by atoms with Gasteiger partial charge >= 0.3 is 0 Å². The first-order chi connectivity index (χ1) is 15.2. The van der Waals surface area contributed by atoms with E-state index < -0.39 is 0 Å². The molecule has 0 spiro atoms. The molecule has 3 aromatic rings. The molecule has 1 amide bonds. The van der Waals surface area contributed by atoms with Crippen molar-refractivity contribution in [1.29, 1.82) is 0 Å². The van der Waals surface area contributed by atoms with Crippen LogP contribution in [0.5, 0.6) is 11.5 Å². The van der Waals surface area contributed by atoms with Crippen molar-refractivity contribution in [3.8, 4) is 11.5 Å². The summed E-state index contributed by atoms with van der Waals surface area (Å²) >= 11 is 0. The molecule has 1 heterocycles. The maximum absolute atomic E-state index is 12.6. The second-order valence-electron chi connectivity index (χ2n) is 7.77. The van der Waals surface area contributed by atoms with Gasteiger partial charge in [-0.1, -0.05) is 54.6 Å². The number of nitrogens with zero attached hydrogens (tertiary/aromatic N) is 1. The summed E-state index contributed by atoms with van der Waals surface area (Å²) in [6.07, 6.45) is 1.56.